The number of benzene rings is 2. The zero-order valence-corrected chi connectivity index (χ0v) is 16.9. The number of ether oxygens (including phenoxy) is 1. The fourth-order valence-corrected chi connectivity index (χ4v) is 4.25. The monoisotopic (exact) mass is 422 g/mol. The summed E-state index contributed by atoms with van der Waals surface area (Å²) in [6, 6.07) is 15.7. The fourth-order valence-electron chi connectivity index (χ4n) is 4.13. The van der Waals surface area contributed by atoms with Gasteiger partial charge in [-0.05, 0) is 41.8 Å². The van der Waals surface area contributed by atoms with Gasteiger partial charge in [-0.15, -0.1) is 0 Å². The van der Waals surface area contributed by atoms with Gasteiger partial charge in [0.2, 0.25) is 5.78 Å². The molecule has 152 valence electrons. The van der Waals surface area contributed by atoms with Gasteiger partial charge in [-0.2, -0.15) is 0 Å². The summed E-state index contributed by atoms with van der Waals surface area (Å²) in [6.07, 6.45) is 1.38. The van der Waals surface area contributed by atoms with Crippen LogP contribution in [-0.4, -0.2) is 28.6 Å². The summed E-state index contributed by atoms with van der Waals surface area (Å²) in [7, 11) is 0. The first-order chi connectivity index (χ1) is 14.4. The molecule has 0 amide bonds. The summed E-state index contributed by atoms with van der Waals surface area (Å²) in [5.74, 6) is -3.56. The van der Waals surface area contributed by atoms with Crippen LogP contribution in [0.25, 0.3) is 5.57 Å². The molecule has 6 heteroatoms. The van der Waals surface area contributed by atoms with Gasteiger partial charge < -0.3 is 14.9 Å². The van der Waals surface area contributed by atoms with Crippen LogP contribution in [0.15, 0.2) is 83.3 Å². The van der Waals surface area contributed by atoms with Crippen molar-refractivity contribution >= 4 is 28.9 Å². The van der Waals surface area contributed by atoms with Gasteiger partial charge in [0.05, 0.1) is 18.1 Å². The Labute approximate surface area is 178 Å². The lowest BCUT2D eigenvalue weighted by Crippen LogP contribution is -2.30. The molecule has 2 atom stereocenters. The molecule has 2 N–H and O–H groups in total. The highest BCUT2D eigenvalue weighted by molar-refractivity contribution is 6.30. The Bertz CT molecular complexity index is 1110. The average Bonchev–Trinajstić information content (AvgIpc) is 2.98. The van der Waals surface area contributed by atoms with Crippen LogP contribution in [0, 0.1) is 5.92 Å². The maximum atomic E-state index is 13.2. The predicted molar refractivity (Wildman–Crippen MR) is 113 cm³/mol. The third-order valence-electron chi connectivity index (χ3n) is 5.38. The molecule has 0 heterocycles. The minimum atomic E-state index is -0.864. The summed E-state index contributed by atoms with van der Waals surface area (Å²) >= 11 is 6.01. The first-order valence-corrected chi connectivity index (χ1v) is 9.92. The molecule has 0 fully saturated rings. The minimum Gasteiger partial charge on any atom is -0.507 e. The van der Waals surface area contributed by atoms with Gasteiger partial charge in [-0.3, -0.25) is 4.79 Å². The van der Waals surface area contributed by atoms with E-state index in [1.54, 1.807) is 55.5 Å². The predicted octanol–water partition coefficient (Wildman–Crippen LogP) is 4.91. The maximum absolute atomic E-state index is 13.2. The number of allylic oxidation sites excluding steroid dienone is 4. The molecule has 5 nitrogen and oxygen atoms in total. The zero-order chi connectivity index (χ0) is 21.4. The van der Waals surface area contributed by atoms with Crippen LogP contribution < -0.4 is 0 Å². The van der Waals surface area contributed by atoms with Crippen LogP contribution >= 0.6 is 11.6 Å². The van der Waals surface area contributed by atoms with Crippen LogP contribution in [-0.2, 0) is 14.3 Å². The topological polar surface area (TPSA) is 83.8 Å². The quantitative estimate of drug-likeness (QED) is 0.684. The lowest BCUT2D eigenvalue weighted by molar-refractivity contribution is -0.139. The third-order valence-corrected chi connectivity index (χ3v) is 5.63. The molecule has 0 radical (unpaired) electrons. The highest BCUT2D eigenvalue weighted by Gasteiger charge is 2.49. The summed E-state index contributed by atoms with van der Waals surface area (Å²) in [5, 5.41) is 22.0. The molecule has 0 saturated heterocycles. The number of rotatable bonds is 4. The summed E-state index contributed by atoms with van der Waals surface area (Å²) in [5.41, 5.74) is 2.08. The first-order valence-electron chi connectivity index (χ1n) is 9.54. The number of carbonyl (C=O) groups excluding carboxylic acids is 2. The Morgan fingerprint density at radius 1 is 1.03 bits per heavy atom. The SMILES string of the molecule is CCOC(=O)C1=C(O)C=C2C(c3ccccc3)=C(O)C(=O)C2C1c1ccc(Cl)cc1. The van der Waals surface area contributed by atoms with E-state index in [4.69, 9.17) is 16.3 Å². The molecule has 2 aromatic rings. The molecule has 4 rings (SSSR count). The number of carbonyl (C=O) groups is 2. The Morgan fingerprint density at radius 3 is 2.33 bits per heavy atom. The Kier molecular flexibility index (Phi) is 5.22. The zero-order valence-electron chi connectivity index (χ0n) is 16.1. The van der Waals surface area contributed by atoms with E-state index >= 15 is 0 Å². The van der Waals surface area contributed by atoms with E-state index in [-0.39, 0.29) is 23.7 Å². The van der Waals surface area contributed by atoms with Gasteiger partial charge in [0, 0.05) is 16.5 Å². The second-order valence-electron chi connectivity index (χ2n) is 7.08. The molecule has 0 aromatic heterocycles. The van der Waals surface area contributed by atoms with E-state index in [2.05, 4.69) is 0 Å². The van der Waals surface area contributed by atoms with Crippen LogP contribution in [0.1, 0.15) is 24.0 Å². The van der Waals surface area contributed by atoms with Gasteiger partial charge in [0.25, 0.3) is 0 Å². The molecule has 2 aliphatic carbocycles. The molecule has 0 spiro atoms. The van der Waals surface area contributed by atoms with E-state index in [9.17, 15) is 19.8 Å². The minimum absolute atomic E-state index is 0.0108. The van der Waals surface area contributed by atoms with Crippen LogP contribution in [0.4, 0.5) is 0 Å². The lowest BCUT2D eigenvalue weighted by Gasteiger charge is -2.30. The molecule has 0 aliphatic heterocycles. The Morgan fingerprint density at radius 2 is 1.70 bits per heavy atom. The number of Topliss-reactive ketones (excluding diaryl/α,β-unsaturated/α-hetero) is 1. The number of hydrogen-bond acceptors (Lipinski definition) is 5. The molecular formula is C24H19ClO5. The molecular weight excluding hydrogens is 404 g/mol. The summed E-state index contributed by atoms with van der Waals surface area (Å²) < 4.78 is 5.15. The maximum Gasteiger partial charge on any atom is 0.338 e. The highest BCUT2D eigenvalue weighted by Crippen LogP contribution is 2.51. The van der Waals surface area contributed by atoms with Crippen LogP contribution in [0.2, 0.25) is 5.02 Å². The van der Waals surface area contributed by atoms with Gasteiger partial charge in [0.15, 0.2) is 5.76 Å². The lowest BCUT2D eigenvalue weighted by atomic mass is 9.72. The van der Waals surface area contributed by atoms with Gasteiger partial charge in [-0.25, -0.2) is 4.79 Å². The van der Waals surface area contributed by atoms with Crippen molar-refractivity contribution in [3.8, 4) is 0 Å². The summed E-state index contributed by atoms with van der Waals surface area (Å²) in [6.45, 7) is 1.79. The number of aliphatic hydroxyl groups excluding tert-OH is 2. The molecule has 0 bridgehead atoms. The van der Waals surface area contributed by atoms with Crippen LogP contribution in [0.5, 0.6) is 0 Å². The fraction of sp³-hybridized carbons (Fsp3) is 0.167. The number of ketones is 1. The van der Waals surface area contributed by atoms with E-state index in [0.29, 0.717) is 27.3 Å². The van der Waals surface area contributed by atoms with Crippen molar-refractivity contribution in [1.82, 2.24) is 0 Å². The normalized spacial score (nSPS) is 20.9. The Balaban J connectivity index is 1.93. The number of esters is 1. The number of fused-ring (bicyclic) bond motifs is 1. The largest absolute Gasteiger partial charge is 0.507 e. The molecule has 2 aliphatic rings. The van der Waals surface area contributed by atoms with E-state index in [0.717, 1.165) is 0 Å². The van der Waals surface area contributed by atoms with Gasteiger partial charge in [0.1, 0.15) is 5.76 Å². The van der Waals surface area contributed by atoms with Crippen molar-refractivity contribution < 1.29 is 24.5 Å². The second-order valence-corrected chi connectivity index (χ2v) is 7.52. The highest BCUT2D eigenvalue weighted by atomic mass is 35.5. The number of halogens is 1. The summed E-state index contributed by atoms with van der Waals surface area (Å²) in [4.78, 5) is 25.9. The standard InChI is InChI=1S/C24H19ClO5/c1-2-30-24(29)21-17(26)12-16-18(13-6-4-3-5-7-13)22(27)23(28)20(16)19(21)14-8-10-15(25)11-9-14/h3-12,19-20,26-27H,2H2,1H3. The molecule has 2 unspecified atom stereocenters. The average molecular weight is 423 g/mol. The van der Waals surface area contributed by atoms with Crippen molar-refractivity contribution in [3.05, 3.63) is 99.5 Å². The van der Waals surface area contributed by atoms with Crippen molar-refractivity contribution in [1.29, 1.82) is 0 Å². The van der Waals surface area contributed by atoms with Gasteiger partial charge >= 0.3 is 5.97 Å². The smallest absolute Gasteiger partial charge is 0.338 e. The number of aliphatic hydroxyl groups is 2. The number of hydrogen-bond donors (Lipinski definition) is 2. The van der Waals surface area contributed by atoms with Crippen molar-refractivity contribution in [2.75, 3.05) is 6.61 Å². The van der Waals surface area contributed by atoms with E-state index in [1.165, 1.54) is 6.08 Å². The first kappa shape index (κ1) is 20.0. The second kappa shape index (κ2) is 7.84. The molecule has 0 saturated carbocycles. The van der Waals surface area contributed by atoms with E-state index < -0.39 is 23.6 Å². The Hall–Kier alpha value is -3.31. The molecule has 2 aromatic carbocycles. The van der Waals surface area contributed by atoms with Crippen LogP contribution in [0.3, 0.4) is 0 Å². The van der Waals surface area contributed by atoms with Gasteiger partial charge in [-0.1, -0.05) is 54.1 Å². The third kappa shape index (κ3) is 3.21. The van der Waals surface area contributed by atoms with E-state index in [1.807, 2.05) is 6.07 Å². The van der Waals surface area contributed by atoms with Crippen molar-refractivity contribution in [2.45, 2.75) is 12.8 Å². The van der Waals surface area contributed by atoms with Crippen molar-refractivity contribution in [3.63, 3.8) is 0 Å². The van der Waals surface area contributed by atoms with Crippen molar-refractivity contribution in [2.24, 2.45) is 5.92 Å². The molecule has 30 heavy (non-hydrogen) atoms.